The normalized spacial score (nSPS) is 21.0. The molecule has 0 amide bonds. The van der Waals surface area contributed by atoms with E-state index in [4.69, 9.17) is 0 Å². The van der Waals surface area contributed by atoms with E-state index in [0.717, 1.165) is 0 Å². The van der Waals surface area contributed by atoms with Crippen molar-refractivity contribution in [2.75, 3.05) is 0 Å². The van der Waals surface area contributed by atoms with Gasteiger partial charge in [0.15, 0.2) is 0 Å². The molecule has 0 saturated carbocycles. The third-order valence-electron chi connectivity index (χ3n) is 2.31. The van der Waals surface area contributed by atoms with E-state index in [9.17, 15) is 0 Å². The molecule has 0 saturated heterocycles. The van der Waals surface area contributed by atoms with Gasteiger partial charge in [-0.25, -0.2) is 0 Å². The number of halogens is 2. The van der Waals surface area contributed by atoms with Crippen LogP contribution in [0.25, 0.3) is 0 Å². The van der Waals surface area contributed by atoms with E-state index in [0.29, 0.717) is 6.04 Å². The van der Waals surface area contributed by atoms with Crippen molar-refractivity contribution >= 4 is 38.8 Å². The zero-order valence-electron chi connectivity index (χ0n) is 6.48. The Morgan fingerprint density at radius 1 is 1.50 bits per heavy atom. The average Bonchev–Trinajstić information content (AvgIpc) is 2.46. The van der Waals surface area contributed by atoms with Crippen molar-refractivity contribution in [1.82, 2.24) is 3.53 Å². The monoisotopic (exact) mass is 337 g/mol. The number of aryl methyl sites for hydroxylation is 1. The van der Waals surface area contributed by atoms with Crippen LogP contribution in [0, 0.1) is 0 Å². The van der Waals surface area contributed by atoms with Crippen LogP contribution in [0.4, 0.5) is 0 Å². The predicted octanol–water partition coefficient (Wildman–Crippen LogP) is 3.38. The predicted molar refractivity (Wildman–Crippen MR) is 62.4 cm³/mol. The summed E-state index contributed by atoms with van der Waals surface area (Å²) in [6, 6.07) is 7.12. The first-order valence-corrected chi connectivity index (χ1v) is 5.83. The highest BCUT2D eigenvalue weighted by Crippen LogP contribution is 2.33. The van der Waals surface area contributed by atoms with Crippen LogP contribution in [0.15, 0.2) is 22.7 Å². The summed E-state index contributed by atoms with van der Waals surface area (Å²) in [5.41, 5.74) is 2.95. The van der Waals surface area contributed by atoms with Gasteiger partial charge in [0, 0.05) is 33.4 Å². The van der Waals surface area contributed by atoms with Crippen LogP contribution < -0.4 is 3.53 Å². The van der Waals surface area contributed by atoms with E-state index >= 15 is 0 Å². The molecule has 0 heterocycles. The van der Waals surface area contributed by atoms with Crippen LogP contribution >= 0.6 is 38.8 Å². The van der Waals surface area contributed by atoms with Gasteiger partial charge in [0.25, 0.3) is 0 Å². The molecule has 3 heteroatoms. The summed E-state index contributed by atoms with van der Waals surface area (Å²) >= 11 is 5.72. The quantitative estimate of drug-likeness (QED) is 0.612. The van der Waals surface area contributed by atoms with Gasteiger partial charge in [0.1, 0.15) is 0 Å². The fourth-order valence-corrected chi connectivity index (χ4v) is 2.75. The van der Waals surface area contributed by atoms with Gasteiger partial charge in [-0.1, -0.05) is 22.0 Å². The van der Waals surface area contributed by atoms with Crippen molar-refractivity contribution < 1.29 is 0 Å². The van der Waals surface area contributed by atoms with Gasteiger partial charge in [-0.05, 0) is 36.1 Å². The summed E-state index contributed by atoms with van der Waals surface area (Å²) in [5, 5.41) is 0. The number of hydrogen-bond acceptors (Lipinski definition) is 1. The molecule has 64 valence electrons. The summed E-state index contributed by atoms with van der Waals surface area (Å²) < 4.78 is 4.48. The van der Waals surface area contributed by atoms with Gasteiger partial charge < -0.3 is 0 Å². The third kappa shape index (κ3) is 1.54. The van der Waals surface area contributed by atoms with Gasteiger partial charge in [0.2, 0.25) is 0 Å². The maximum Gasteiger partial charge on any atom is 0.0419 e. The molecular formula is C9H9BrIN. The summed E-state index contributed by atoms with van der Waals surface area (Å²) in [7, 11) is 0. The molecule has 1 atom stereocenters. The molecule has 1 aliphatic rings. The molecule has 1 nitrogen and oxygen atoms in total. The minimum Gasteiger partial charge on any atom is -0.254 e. The first-order valence-electron chi connectivity index (χ1n) is 3.96. The molecule has 0 fully saturated rings. The maximum absolute atomic E-state index is 3.48. The van der Waals surface area contributed by atoms with Crippen molar-refractivity contribution in [3.05, 3.63) is 33.8 Å². The van der Waals surface area contributed by atoms with E-state index in [-0.39, 0.29) is 0 Å². The first-order chi connectivity index (χ1) is 5.81. The smallest absolute Gasteiger partial charge is 0.0419 e. The lowest BCUT2D eigenvalue weighted by atomic mass is 10.1. The minimum atomic E-state index is 0.564. The van der Waals surface area contributed by atoms with Gasteiger partial charge >= 0.3 is 0 Å². The Balaban J connectivity index is 2.40. The third-order valence-corrected chi connectivity index (χ3v) is 3.56. The molecule has 1 N–H and O–H groups in total. The molecule has 0 unspecified atom stereocenters. The number of rotatable bonds is 1. The van der Waals surface area contributed by atoms with Crippen LogP contribution in [-0.2, 0) is 6.42 Å². The molecule has 2 rings (SSSR count). The zero-order chi connectivity index (χ0) is 8.55. The molecule has 1 aromatic rings. The summed E-state index contributed by atoms with van der Waals surface area (Å²) in [6.45, 7) is 0. The summed E-state index contributed by atoms with van der Waals surface area (Å²) in [6.07, 6.45) is 2.43. The maximum atomic E-state index is 3.48. The molecule has 0 aliphatic heterocycles. The molecule has 1 aliphatic carbocycles. The fraction of sp³-hybridized carbons (Fsp3) is 0.333. The molecule has 1 aromatic carbocycles. The second-order valence-electron chi connectivity index (χ2n) is 3.04. The van der Waals surface area contributed by atoms with Crippen molar-refractivity contribution in [3.63, 3.8) is 0 Å². The van der Waals surface area contributed by atoms with Crippen LogP contribution in [0.3, 0.4) is 0 Å². The van der Waals surface area contributed by atoms with Crippen molar-refractivity contribution in [1.29, 1.82) is 0 Å². The molecule has 0 bridgehead atoms. The Morgan fingerprint density at radius 3 is 3.08 bits per heavy atom. The second kappa shape index (κ2) is 3.64. The SMILES string of the molecule is Brc1ccc2c(c1)CC[C@H]2NI. The van der Waals surface area contributed by atoms with Crippen molar-refractivity contribution in [2.24, 2.45) is 0 Å². The molecule has 0 spiro atoms. The molecule has 0 radical (unpaired) electrons. The topological polar surface area (TPSA) is 12.0 Å². The van der Waals surface area contributed by atoms with Crippen LogP contribution in [0.5, 0.6) is 0 Å². The van der Waals surface area contributed by atoms with E-state index < -0.39 is 0 Å². The Kier molecular flexibility index (Phi) is 2.72. The van der Waals surface area contributed by atoms with E-state index in [1.165, 1.54) is 28.4 Å². The first kappa shape index (κ1) is 8.97. The summed E-state index contributed by atoms with van der Waals surface area (Å²) in [5.74, 6) is 0. The Bertz CT molecular complexity index is 301. The number of fused-ring (bicyclic) bond motifs is 1. The Morgan fingerprint density at radius 2 is 2.33 bits per heavy atom. The highest BCUT2D eigenvalue weighted by atomic mass is 127. The zero-order valence-corrected chi connectivity index (χ0v) is 10.2. The minimum absolute atomic E-state index is 0.564. The van der Waals surface area contributed by atoms with E-state index in [1.807, 2.05) is 0 Å². The lowest BCUT2D eigenvalue weighted by Gasteiger charge is -2.07. The molecular weight excluding hydrogens is 329 g/mol. The number of nitrogens with one attached hydrogen (secondary N) is 1. The van der Waals surface area contributed by atoms with Crippen molar-refractivity contribution in [2.45, 2.75) is 18.9 Å². The van der Waals surface area contributed by atoms with E-state index in [2.05, 4.69) is 60.5 Å². The lowest BCUT2D eigenvalue weighted by molar-refractivity contribution is 0.684. The van der Waals surface area contributed by atoms with Crippen LogP contribution in [0.1, 0.15) is 23.6 Å². The highest BCUT2D eigenvalue weighted by Gasteiger charge is 2.20. The summed E-state index contributed by atoms with van der Waals surface area (Å²) in [4.78, 5) is 0. The molecule has 0 aromatic heterocycles. The fourth-order valence-electron chi connectivity index (χ4n) is 1.70. The lowest BCUT2D eigenvalue weighted by Crippen LogP contribution is -2.05. The number of hydrogen-bond donors (Lipinski definition) is 1. The largest absolute Gasteiger partial charge is 0.254 e. The van der Waals surface area contributed by atoms with Crippen LogP contribution in [-0.4, -0.2) is 0 Å². The van der Waals surface area contributed by atoms with E-state index in [1.54, 1.807) is 0 Å². The Labute approximate surface area is 94.6 Å². The second-order valence-corrected chi connectivity index (χ2v) is 4.58. The van der Waals surface area contributed by atoms with Crippen LogP contribution in [0.2, 0.25) is 0 Å². The molecule has 12 heavy (non-hydrogen) atoms. The van der Waals surface area contributed by atoms with Gasteiger partial charge in [-0.15, -0.1) is 0 Å². The highest BCUT2D eigenvalue weighted by molar-refractivity contribution is 14.1. The number of benzene rings is 1. The van der Waals surface area contributed by atoms with Gasteiger partial charge in [-0.2, -0.15) is 0 Å². The van der Waals surface area contributed by atoms with Gasteiger partial charge in [-0.3, -0.25) is 3.53 Å². The van der Waals surface area contributed by atoms with Gasteiger partial charge in [0.05, 0.1) is 0 Å². The Hall–Kier alpha value is 0.390. The average molecular weight is 338 g/mol. The standard InChI is InChI=1S/C9H9BrIN/c10-7-2-3-8-6(5-7)1-4-9(8)12-11/h2-3,5,9,12H,1,4H2/t9-/m1/s1. The van der Waals surface area contributed by atoms with Crippen molar-refractivity contribution in [3.8, 4) is 0 Å².